The fourth-order valence-electron chi connectivity index (χ4n) is 2.13. The second kappa shape index (κ2) is 6.07. The van der Waals surface area contributed by atoms with Crippen molar-refractivity contribution in [1.29, 1.82) is 0 Å². The minimum Gasteiger partial charge on any atom is -0.293 e. The lowest BCUT2D eigenvalue weighted by molar-refractivity contribution is 0.102. The molecule has 0 aliphatic carbocycles. The van der Waals surface area contributed by atoms with Crippen LogP contribution in [-0.4, -0.2) is 26.8 Å². The van der Waals surface area contributed by atoms with Gasteiger partial charge in [0.05, 0.1) is 16.3 Å². The average Bonchev–Trinajstić information content (AvgIpc) is 2.98. The normalized spacial score (nSPS) is 13.2. The summed E-state index contributed by atoms with van der Waals surface area (Å²) in [5, 5.41) is 0.616. The number of carbonyl (C=O) groups excluding carboxylic acids is 1. The third-order valence-corrected chi connectivity index (χ3v) is 5.43. The highest BCUT2D eigenvalue weighted by Gasteiger charge is 2.20. The highest BCUT2D eigenvalue weighted by atomic mass is 32.2. The molecule has 0 unspecified atom stereocenters. The van der Waals surface area contributed by atoms with Gasteiger partial charge in [-0.3, -0.25) is 14.2 Å². The third-order valence-electron chi connectivity index (χ3n) is 3.29. The average molecular weight is 318 g/mol. The van der Waals surface area contributed by atoms with Gasteiger partial charge in [-0.15, -0.1) is 11.8 Å². The number of aromatic nitrogens is 2. The van der Waals surface area contributed by atoms with Crippen LogP contribution in [0.25, 0.3) is 0 Å². The largest absolute Gasteiger partial charge is 0.293 e. The Hall–Kier alpha value is -1.53. The summed E-state index contributed by atoms with van der Waals surface area (Å²) in [6, 6.07) is 9.17. The van der Waals surface area contributed by atoms with E-state index in [-0.39, 0.29) is 17.1 Å². The Labute approximate surface area is 131 Å². The summed E-state index contributed by atoms with van der Waals surface area (Å²) in [5.41, 5.74) is 1.56. The van der Waals surface area contributed by atoms with Crippen LogP contribution < -0.4 is 5.56 Å². The first kappa shape index (κ1) is 14.4. The smallest absolute Gasteiger partial charge is 0.267 e. The highest BCUT2D eigenvalue weighted by Crippen LogP contribution is 2.28. The van der Waals surface area contributed by atoms with Crippen LogP contribution in [0.1, 0.15) is 16.1 Å². The molecule has 0 radical (unpaired) electrons. The Morgan fingerprint density at radius 1 is 1.38 bits per heavy atom. The number of carbonyl (C=O) groups is 1. The zero-order valence-electron chi connectivity index (χ0n) is 11.5. The summed E-state index contributed by atoms with van der Waals surface area (Å²) in [6.45, 7) is 0. The number of Topliss-reactive ketones (excluding diaryl/α,β-unsaturated/α-hetero) is 1. The summed E-state index contributed by atoms with van der Waals surface area (Å²) >= 11 is 2.89. The third kappa shape index (κ3) is 2.91. The second-order valence-electron chi connectivity index (χ2n) is 4.71. The quantitative estimate of drug-likeness (QED) is 0.492. The van der Waals surface area contributed by atoms with Crippen LogP contribution in [0.3, 0.4) is 0 Å². The van der Waals surface area contributed by atoms with E-state index >= 15 is 0 Å². The van der Waals surface area contributed by atoms with E-state index in [4.69, 9.17) is 0 Å². The van der Waals surface area contributed by atoms with Gasteiger partial charge in [0.2, 0.25) is 0 Å². The van der Waals surface area contributed by atoms with E-state index in [0.717, 1.165) is 22.8 Å². The number of nitrogens with zero attached hydrogens (tertiary/aromatic N) is 2. The first-order valence-electron chi connectivity index (χ1n) is 6.60. The first-order valence-corrected chi connectivity index (χ1v) is 8.57. The molecule has 6 heteroatoms. The van der Waals surface area contributed by atoms with Crippen LogP contribution in [0.5, 0.6) is 0 Å². The number of ketones is 1. The number of fused-ring (bicyclic) bond motifs is 1. The van der Waals surface area contributed by atoms with Gasteiger partial charge in [-0.05, 0) is 0 Å². The van der Waals surface area contributed by atoms with Crippen molar-refractivity contribution < 1.29 is 4.79 Å². The van der Waals surface area contributed by atoms with Gasteiger partial charge < -0.3 is 0 Å². The van der Waals surface area contributed by atoms with Crippen molar-refractivity contribution in [1.82, 2.24) is 9.55 Å². The Kier molecular flexibility index (Phi) is 4.17. The van der Waals surface area contributed by atoms with Crippen LogP contribution in [0.2, 0.25) is 0 Å². The van der Waals surface area contributed by atoms with E-state index in [0.29, 0.717) is 10.7 Å². The second-order valence-corrected chi connectivity index (χ2v) is 6.76. The van der Waals surface area contributed by atoms with E-state index in [1.54, 1.807) is 35.5 Å². The molecule has 1 aromatic carbocycles. The predicted octanol–water partition coefficient (Wildman–Crippen LogP) is 2.40. The van der Waals surface area contributed by atoms with E-state index in [1.807, 2.05) is 18.2 Å². The van der Waals surface area contributed by atoms with Crippen molar-refractivity contribution in [3.05, 3.63) is 51.9 Å². The molecule has 0 fully saturated rings. The van der Waals surface area contributed by atoms with Gasteiger partial charge >= 0.3 is 0 Å². The predicted molar refractivity (Wildman–Crippen MR) is 85.4 cm³/mol. The molecule has 2 heterocycles. The van der Waals surface area contributed by atoms with Crippen molar-refractivity contribution in [2.24, 2.45) is 7.05 Å². The molecule has 1 aromatic heterocycles. The minimum absolute atomic E-state index is 0.00263. The number of aryl methyl sites for hydroxylation is 1. The van der Waals surface area contributed by atoms with Gasteiger partial charge in [-0.1, -0.05) is 42.1 Å². The summed E-state index contributed by atoms with van der Waals surface area (Å²) in [6.07, 6.45) is 0.830. The molecular formula is C15H14N2O2S2. The molecule has 0 saturated heterocycles. The van der Waals surface area contributed by atoms with Crippen LogP contribution in [-0.2, 0) is 13.5 Å². The Bertz CT molecular complexity index is 741. The lowest BCUT2D eigenvalue weighted by Crippen LogP contribution is -2.22. The van der Waals surface area contributed by atoms with E-state index in [9.17, 15) is 9.59 Å². The molecular weight excluding hydrogens is 304 g/mol. The van der Waals surface area contributed by atoms with Crippen LogP contribution in [0.15, 0.2) is 45.2 Å². The van der Waals surface area contributed by atoms with Gasteiger partial charge in [-0.2, -0.15) is 0 Å². The summed E-state index contributed by atoms with van der Waals surface area (Å²) < 4.78 is 1.54. The summed E-state index contributed by atoms with van der Waals surface area (Å²) in [7, 11) is 1.71. The zero-order chi connectivity index (χ0) is 14.8. The number of thioether (sulfide) groups is 2. The molecule has 4 nitrogen and oxygen atoms in total. The number of benzene rings is 1. The molecule has 21 heavy (non-hydrogen) atoms. The van der Waals surface area contributed by atoms with E-state index in [2.05, 4.69) is 4.98 Å². The zero-order valence-corrected chi connectivity index (χ0v) is 13.2. The molecule has 108 valence electrons. The Morgan fingerprint density at radius 2 is 2.14 bits per heavy atom. The topological polar surface area (TPSA) is 52.0 Å². The molecule has 0 atom stereocenters. The van der Waals surface area contributed by atoms with E-state index in [1.165, 1.54) is 11.8 Å². The molecule has 0 spiro atoms. The monoisotopic (exact) mass is 318 g/mol. The Morgan fingerprint density at radius 3 is 2.90 bits per heavy atom. The van der Waals surface area contributed by atoms with Crippen molar-refractivity contribution >= 4 is 29.3 Å². The van der Waals surface area contributed by atoms with Crippen molar-refractivity contribution in [3.63, 3.8) is 0 Å². The fraction of sp³-hybridized carbons (Fsp3) is 0.267. The SMILES string of the molecule is Cn1c(SCC(=O)c2ccccc2)nc2c(c1=O)SCC2. The van der Waals surface area contributed by atoms with Gasteiger partial charge in [0.1, 0.15) is 0 Å². The van der Waals surface area contributed by atoms with Crippen LogP contribution in [0, 0.1) is 0 Å². The first-order chi connectivity index (χ1) is 10.2. The Balaban J connectivity index is 1.79. The highest BCUT2D eigenvalue weighted by molar-refractivity contribution is 8.00. The lowest BCUT2D eigenvalue weighted by Gasteiger charge is -2.08. The van der Waals surface area contributed by atoms with Crippen LogP contribution >= 0.6 is 23.5 Å². The maximum Gasteiger partial charge on any atom is 0.267 e. The molecule has 0 bridgehead atoms. The van der Waals surface area contributed by atoms with Crippen LogP contribution in [0.4, 0.5) is 0 Å². The number of rotatable bonds is 4. The molecule has 0 saturated carbocycles. The molecule has 1 aliphatic rings. The van der Waals surface area contributed by atoms with Crippen molar-refractivity contribution in [2.75, 3.05) is 11.5 Å². The summed E-state index contributed by atoms with van der Waals surface area (Å²) in [5.74, 6) is 1.25. The van der Waals surface area contributed by atoms with Gasteiger partial charge in [0, 0.05) is 24.8 Å². The maximum atomic E-state index is 12.2. The standard InChI is InChI=1S/C15H14N2O2S2/c1-17-14(19)13-11(7-8-20-13)16-15(17)21-9-12(18)10-5-3-2-4-6-10/h2-6H,7-9H2,1H3. The fourth-order valence-corrected chi connectivity index (χ4v) is 4.09. The lowest BCUT2D eigenvalue weighted by atomic mass is 10.2. The molecule has 0 amide bonds. The summed E-state index contributed by atoms with van der Waals surface area (Å²) in [4.78, 5) is 29.6. The number of hydrogen-bond acceptors (Lipinski definition) is 5. The molecule has 0 N–H and O–H groups in total. The van der Waals surface area contributed by atoms with Crippen molar-refractivity contribution in [2.45, 2.75) is 16.5 Å². The van der Waals surface area contributed by atoms with Gasteiger partial charge in [0.15, 0.2) is 10.9 Å². The maximum absolute atomic E-state index is 12.2. The van der Waals surface area contributed by atoms with Gasteiger partial charge in [-0.25, -0.2) is 4.98 Å². The molecule has 1 aliphatic heterocycles. The van der Waals surface area contributed by atoms with Gasteiger partial charge in [0.25, 0.3) is 5.56 Å². The minimum atomic E-state index is -0.00263. The van der Waals surface area contributed by atoms with E-state index < -0.39 is 0 Å². The van der Waals surface area contributed by atoms with Crippen molar-refractivity contribution in [3.8, 4) is 0 Å². The molecule has 3 rings (SSSR count). The molecule has 2 aromatic rings. The number of hydrogen-bond donors (Lipinski definition) is 0.